The Kier molecular flexibility index (Phi) is 7.38. The Morgan fingerprint density at radius 3 is 2.59 bits per heavy atom. The number of fused-ring (bicyclic) bond motifs is 1. The fraction of sp³-hybridized carbons (Fsp3) is 0.500. The fourth-order valence-corrected chi connectivity index (χ4v) is 4.07. The van der Waals surface area contributed by atoms with Crippen LogP contribution in [0.1, 0.15) is 68.2 Å². The standard InChI is InChI=1S/C24H31ClN4O5/c1-15-20(19-14-33-21(18(19)13-26-15)16-7-9-17(25)10-8-16)24(5,22(30)31)11-12-34-27-29(32)28(6)23(2,3)4/h7-10,13,21H,11-12,14H2,1-6H3,(H,30,31)/t21-,24?/m0/s1. The normalized spacial score (nSPS) is 17.7. The van der Waals surface area contributed by atoms with Crippen molar-refractivity contribution in [3.8, 4) is 0 Å². The lowest BCUT2D eigenvalue weighted by atomic mass is 9.75. The molecular formula is C24H31ClN4O5. The van der Waals surface area contributed by atoms with Crippen LogP contribution in [0.15, 0.2) is 35.7 Å². The van der Waals surface area contributed by atoms with Crippen molar-refractivity contribution in [1.29, 1.82) is 0 Å². The van der Waals surface area contributed by atoms with Crippen molar-refractivity contribution in [3.05, 3.63) is 68.6 Å². The molecule has 0 saturated carbocycles. The number of rotatable bonds is 8. The number of benzene rings is 1. The Bertz CT molecular complexity index is 1080. The number of hydrogen-bond donors (Lipinski definition) is 1. The smallest absolute Gasteiger partial charge is 0.314 e. The molecule has 0 radical (unpaired) electrons. The number of carboxylic acid groups (broad SMARTS) is 1. The van der Waals surface area contributed by atoms with E-state index in [0.717, 1.165) is 16.7 Å². The lowest BCUT2D eigenvalue weighted by Gasteiger charge is -2.28. The highest BCUT2D eigenvalue weighted by Crippen LogP contribution is 2.43. The zero-order valence-corrected chi connectivity index (χ0v) is 21.1. The summed E-state index contributed by atoms with van der Waals surface area (Å²) in [5.74, 6) is -1.02. The van der Waals surface area contributed by atoms with Gasteiger partial charge >= 0.3 is 5.97 Å². The molecule has 2 aromatic rings. The van der Waals surface area contributed by atoms with E-state index in [-0.39, 0.29) is 25.7 Å². The minimum Gasteiger partial charge on any atom is -0.569 e. The van der Waals surface area contributed by atoms with Crippen molar-refractivity contribution >= 4 is 17.6 Å². The van der Waals surface area contributed by atoms with Crippen LogP contribution in [0.25, 0.3) is 0 Å². The maximum atomic E-state index is 12.5. The predicted octanol–water partition coefficient (Wildman–Crippen LogP) is 4.93. The number of pyridine rings is 1. The molecule has 2 atom stereocenters. The summed E-state index contributed by atoms with van der Waals surface area (Å²) in [6.45, 7) is 9.20. The van der Waals surface area contributed by atoms with Gasteiger partial charge in [-0.05, 0) is 63.4 Å². The van der Waals surface area contributed by atoms with E-state index >= 15 is 0 Å². The van der Waals surface area contributed by atoms with Gasteiger partial charge in [0, 0.05) is 28.9 Å². The van der Waals surface area contributed by atoms with Crippen LogP contribution in [0.2, 0.25) is 5.02 Å². The second kappa shape index (κ2) is 9.76. The second-order valence-corrected chi connectivity index (χ2v) is 10.1. The lowest BCUT2D eigenvalue weighted by Crippen LogP contribution is -2.42. The van der Waals surface area contributed by atoms with Crippen molar-refractivity contribution in [2.45, 2.75) is 64.7 Å². The summed E-state index contributed by atoms with van der Waals surface area (Å²) in [6.07, 6.45) is 1.47. The third kappa shape index (κ3) is 5.10. The number of nitrogens with zero attached hydrogens (tertiary/aromatic N) is 4. The zero-order chi connectivity index (χ0) is 25.3. The number of halogens is 1. The number of hydrazine groups is 1. The van der Waals surface area contributed by atoms with E-state index in [9.17, 15) is 15.1 Å². The van der Waals surface area contributed by atoms with Gasteiger partial charge in [0.2, 0.25) is 5.28 Å². The predicted molar refractivity (Wildman–Crippen MR) is 126 cm³/mol. The van der Waals surface area contributed by atoms with Crippen LogP contribution in [0, 0.1) is 12.1 Å². The highest BCUT2D eigenvalue weighted by molar-refractivity contribution is 6.30. The van der Waals surface area contributed by atoms with E-state index < -0.39 is 16.9 Å². The van der Waals surface area contributed by atoms with Crippen molar-refractivity contribution in [2.75, 3.05) is 13.7 Å². The van der Waals surface area contributed by atoms with E-state index in [0.29, 0.717) is 21.2 Å². The number of aromatic nitrogens is 1. The first-order valence-electron chi connectivity index (χ1n) is 11.0. The van der Waals surface area contributed by atoms with Gasteiger partial charge in [0.1, 0.15) is 12.7 Å². The lowest BCUT2D eigenvalue weighted by molar-refractivity contribution is -0.719. The Balaban J connectivity index is 1.87. The van der Waals surface area contributed by atoms with E-state index in [1.165, 1.54) is 5.01 Å². The monoisotopic (exact) mass is 490 g/mol. The van der Waals surface area contributed by atoms with E-state index in [4.69, 9.17) is 21.2 Å². The summed E-state index contributed by atoms with van der Waals surface area (Å²) >= 11 is 6.02. The van der Waals surface area contributed by atoms with Gasteiger partial charge in [-0.25, -0.2) is 0 Å². The van der Waals surface area contributed by atoms with Crippen molar-refractivity contribution < 1.29 is 24.4 Å². The summed E-state index contributed by atoms with van der Waals surface area (Å²) in [5, 5.41) is 27.9. The quantitative estimate of drug-likeness (QED) is 0.241. The van der Waals surface area contributed by atoms with Gasteiger partial charge in [-0.3, -0.25) is 9.78 Å². The zero-order valence-electron chi connectivity index (χ0n) is 20.3. The molecule has 1 aromatic carbocycles. The van der Waals surface area contributed by atoms with E-state index in [1.807, 2.05) is 32.9 Å². The summed E-state index contributed by atoms with van der Waals surface area (Å²) in [4.78, 5) is 22.5. The van der Waals surface area contributed by atoms with Gasteiger partial charge in [0.15, 0.2) is 0 Å². The van der Waals surface area contributed by atoms with Crippen molar-refractivity contribution in [3.63, 3.8) is 0 Å². The van der Waals surface area contributed by atoms with E-state index in [2.05, 4.69) is 10.3 Å². The highest BCUT2D eigenvalue weighted by Gasteiger charge is 2.42. The molecule has 3 rings (SSSR count). The van der Waals surface area contributed by atoms with Crippen molar-refractivity contribution in [2.24, 2.45) is 5.28 Å². The van der Waals surface area contributed by atoms with Gasteiger partial charge in [-0.2, -0.15) is 0 Å². The summed E-state index contributed by atoms with van der Waals surface area (Å²) in [5.41, 5.74) is 2.00. The maximum absolute atomic E-state index is 12.5. The first-order chi connectivity index (χ1) is 15.9. The first-order valence-corrected chi connectivity index (χ1v) is 11.4. The molecule has 1 aromatic heterocycles. The van der Waals surface area contributed by atoms with Gasteiger partial charge in [0.25, 0.3) is 0 Å². The minimum atomic E-state index is -1.32. The summed E-state index contributed by atoms with van der Waals surface area (Å²) in [7, 11) is 1.60. The molecule has 184 valence electrons. The molecule has 2 heterocycles. The fourth-order valence-electron chi connectivity index (χ4n) is 3.95. The number of hydrogen-bond acceptors (Lipinski definition) is 6. The molecule has 34 heavy (non-hydrogen) atoms. The van der Waals surface area contributed by atoms with Crippen LogP contribution in [0.5, 0.6) is 0 Å². The first kappa shape index (κ1) is 25.7. The highest BCUT2D eigenvalue weighted by atomic mass is 35.5. The molecule has 0 spiro atoms. The molecule has 0 amide bonds. The molecule has 1 N–H and O–H groups in total. The summed E-state index contributed by atoms with van der Waals surface area (Å²) < 4.78 is 6.06. The molecule has 1 aliphatic rings. The number of carboxylic acids is 1. The molecular weight excluding hydrogens is 460 g/mol. The second-order valence-electron chi connectivity index (χ2n) is 9.64. The Hall–Kier alpha value is -2.91. The van der Waals surface area contributed by atoms with Crippen LogP contribution in [0.3, 0.4) is 0 Å². The topological polar surface area (TPSA) is 110 Å². The molecule has 0 saturated heterocycles. The SMILES string of the molecule is Cc1ncc2c(c1C(C)(CCON=[N+]([O-])N(C)C(C)(C)C)C(=O)O)CO[C@H]2c1ccc(Cl)cc1. The number of ether oxygens (including phenoxy) is 1. The average Bonchev–Trinajstić information content (AvgIpc) is 3.19. The van der Waals surface area contributed by atoms with Gasteiger partial charge in [-0.15, -0.1) is 5.01 Å². The molecule has 9 nitrogen and oxygen atoms in total. The minimum absolute atomic E-state index is 0.0654. The third-order valence-corrected chi connectivity index (χ3v) is 6.58. The molecule has 1 unspecified atom stereocenters. The van der Waals surface area contributed by atoms with Crippen LogP contribution >= 0.6 is 11.6 Å². The maximum Gasteiger partial charge on any atom is 0.314 e. The molecule has 0 aliphatic carbocycles. The number of aryl methyl sites for hydroxylation is 1. The van der Waals surface area contributed by atoms with Gasteiger partial charge < -0.3 is 19.9 Å². The molecule has 0 bridgehead atoms. The average molecular weight is 491 g/mol. The third-order valence-electron chi connectivity index (χ3n) is 6.33. The van der Waals surface area contributed by atoms with Crippen LogP contribution in [-0.4, -0.2) is 45.2 Å². The van der Waals surface area contributed by atoms with Gasteiger partial charge in [-0.1, -0.05) is 23.7 Å². The number of carbonyl (C=O) groups is 1. The Morgan fingerprint density at radius 1 is 1.35 bits per heavy atom. The summed E-state index contributed by atoms with van der Waals surface area (Å²) in [6, 6.07) is 7.35. The largest absolute Gasteiger partial charge is 0.569 e. The van der Waals surface area contributed by atoms with Gasteiger partial charge in [0.05, 0.1) is 29.6 Å². The Morgan fingerprint density at radius 2 is 2.00 bits per heavy atom. The molecule has 1 aliphatic heterocycles. The van der Waals surface area contributed by atoms with Crippen LogP contribution in [0.4, 0.5) is 0 Å². The molecule has 0 fully saturated rings. The van der Waals surface area contributed by atoms with Crippen LogP contribution < -0.4 is 0 Å². The Labute approximate surface area is 204 Å². The van der Waals surface area contributed by atoms with Crippen LogP contribution in [-0.2, 0) is 26.4 Å². The van der Waals surface area contributed by atoms with Crippen molar-refractivity contribution in [1.82, 2.24) is 9.99 Å². The molecule has 10 heteroatoms. The van der Waals surface area contributed by atoms with E-state index in [1.54, 1.807) is 39.2 Å². The number of aliphatic carboxylic acids is 1.